The molecule has 0 radical (unpaired) electrons. The molecule has 0 atom stereocenters. The van der Waals surface area contributed by atoms with Gasteiger partial charge in [-0.2, -0.15) is 5.10 Å². The molecule has 0 fully saturated rings. The highest BCUT2D eigenvalue weighted by Crippen LogP contribution is 2.17. The Labute approximate surface area is 117 Å². The summed E-state index contributed by atoms with van der Waals surface area (Å²) in [6.07, 6.45) is 4.57. The fraction of sp³-hybridized carbons (Fsp3) is 0.200. The topological polar surface area (TPSA) is 95.9 Å². The van der Waals surface area contributed by atoms with Gasteiger partial charge in [-0.05, 0) is 29.5 Å². The molecule has 2 N–H and O–H groups in total. The molecule has 94 valence electrons. The first kappa shape index (κ1) is 12.7. The van der Waals surface area contributed by atoms with Crippen LogP contribution in [0.1, 0.15) is 17.4 Å². The zero-order valence-corrected chi connectivity index (χ0v) is 11.7. The summed E-state index contributed by atoms with van der Waals surface area (Å²) in [4.78, 5) is 19.5. The van der Waals surface area contributed by atoms with Crippen molar-refractivity contribution in [3.05, 3.63) is 28.0 Å². The molecule has 0 aromatic carbocycles. The minimum absolute atomic E-state index is 0.0891. The van der Waals surface area contributed by atoms with Crippen LogP contribution in [0.3, 0.4) is 0 Å². The molecular formula is C10H10IN5O2. The number of halogens is 1. The van der Waals surface area contributed by atoms with E-state index in [0.29, 0.717) is 5.82 Å². The second kappa shape index (κ2) is 5.29. The van der Waals surface area contributed by atoms with E-state index in [1.807, 2.05) is 0 Å². The fourth-order valence-corrected chi connectivity index (χ4v) is 1.88. The van der Waals surface area contributed by atoms with Gasteiger partial charge in [0.05, 0.1) is 22.1 Å². The molecule has 0 saturated carbocycles. The third-order valence-electron chi connectivity index (χ3n) is 2.08. The van der Waals surface area contributed by atoms with Gasteiger partial charge in [0.15, 0.2) is 11.5 Å². The van der Waals surface area contributed by atoms with Crippen molar-refractivity contribution in [3.63, 3.8) is 0 Å². The molecule has 0 aliphatic rings. The Kier molecular flexibility index (Phi) is 3.75. The molecule has 18 heavy (non-hydrogen) atoms. The summed E-state index contributed by atoms with van der Waals surface area (Å²) in [5.41, 5.74) is 6.07. The van der Waals surface area contributed by atoms with Crippen LogP contribution in [-0.2, 0) is 4.74 Å². The summed E-state index contributed by atoms with van der Waals surface area (Å²) in [5, 5.41) is 4.08. The number of nitrogens with zero attached hydrogens (tertiary/aromatic N) is 4. The van der Waals surface area contributed by atoms with Crippen molar-refractivity contribution in [2.75, 3.05) is 12.3 Å². The third kappa shape index (κ3) is 2.42. The minimum atomic E-state index is -0.544. The van der Waals surface area contributed by atoms with Crippen molar-refractivity contribution in [3.8, 4) is 5.82 Å². The highest BCUT2D eigenvalue weighted by Gasteiger charge is 2.17. The fourth-order valence-electron chi connectivity index (χ4n) is 1.33. The summed E-state index contributed by atoms with van der Waals surface area (Å²) < 4.78 is 7.09. The smallest absolute Gasteiger partial charge is 0.361 e. The molecule has 2 rings (SSSR count). The van der Waals surface area contributed by atoms with E-state index in [0.717, 1.165) is 3.57 Å². The summed E-state index contributed by atoms with van der Waals surface area (Å²) in [7, 11) is 0. The Hall–Kier alpha value is -1.71. The average Bonchev–Trinajstić information content (AvgIpc) is 2.72. The molecule has 2 heterocycles. The van der Waals surface area contributed by atoms with Crippen LogP contribution in [0, 0.1) is 3.57 Å². The highest BCUT2D eigenvalue weighted by atomic mass is 127. The van der Waals surface area contributed by atoms with Crippen LogP contribution in [-0.4, -0.2) is 32.3 Å². The van der Waals surface area contributed by atoms with Crippen LogP contribution >= 0.6 is 22.6 Å². The van der Waals surface area contributed by atoms with Crippen LogP contribution in [0.25, 0.3) is 5.82 Å². The molecule has 8 heteroatoms. The van der Waals surface area contributed by atoms with E-state index in [4.69, 9.17) is 10.5 Å². The molecule has 0 unspecified atom stereocenters. The van der Waals surface area contributed by atoms with Gasteiger partial charge in [-0.15, -0.1) is 0 Å². The maximum absolute atomic E-state index is 11.6. The van der Waals surface area contributed by atoms with Crippen LogP contribution in [0.15, 0.2) is 18.7 Å². The first-order valence-electron chi connectivity index (χ1n) is 5.11. The summed E-state index contributed by atoms with van der Waals surface area (Å²) in [6.45, 7) is 1.99. The highest BCUT2D eigenvalue weighted by molar-refractivity contribution is 14.1. The quantitative estimate of drug-likeness (QED) is 0.650. The first-order chi connectivity index (χ1) is 8.63. The van der Waals surface area contributed by atoms with E-state index in [-0.39, 0.29) is 18.0 Å². The zero-order chi connectivity index (χ0) is 13.1. The van der Waals surface area contributed by atoms with Crippen molar-refractivity contribution in [2.24, 2.45) is 0 Å². The molecule has 0 amide bonds. The van der Waals surface area contributed by atoms with Gasteiger partial charge < -0.3 is 10.5 Å². The third-order valence-corrected chi connectivity index (χ3v) is 2.84. The lowest BCUT2D eigenvalue weighted by atomic mass is 10.4. The lowest BCUT2D eigenvalue weighted by Gasteiger charge is -2.01. The van der Waals surface area contributed by atoms with Crippen LogP contribution in [0.5, 0.6) is 0 Å². The molecule has 2 aromatic heterocycles. The van der Waals surface area contributed by atoms with Crippen molar-refractivity contribution < 1.29 is 9.53 Å². The lowest BCUT2D eigenvalue weighted by molar-refractivity contribution is 0.0520. The van der Waals surface area contributed by atoms with E-state index < -0.39 is 5.97 Å². The minimum Gasteiger partial charge on any atom is -0.461 e. The molecule has 0 spiro atoms. The van der Waals surface area contributed by atoms with Crippen LogP contribution < -0.4 is 5.73 Å². The van der Waals surface area contributed by atoms with Gasteiger partial charge >= 0.3 is 5.97 Å². The van der Waals surface area contributed by atoms with Gasteiger partial charge in [0.1, 0.15) is 6.33 Å². The van der Waals surface area contributed by atoms with Gasteiger partial charge in [0, 0.05) is 6.20 Å². The monoisotopic (exact) mass is 359 g/mol. The van der Waals surface area contributed by atoms with Gasteiger partial charge in [0.2, 0.25) is 0 Å². The Morgan fingerprint density at radius 3 is 3.06 bits per heavy atom. The molecule has 7 nitrogen and oxygen atoms in total. The van der Waals surface area contributed by atoms with Gasteiger partial charge in [0.25, 0.3) is 0 Å². The summed E-state index contributed by atoms with van der Waals surface area (Å²) >= 11 is 2.08. The normalized spacial score (nSPS) is 10.3. The number of esters is 1. The zero-order valence-electron chi connectivity index (χ0n) is 9.50. The Balaban J connectivity index is 2.41. The standard InChI is InChI=1S/C10H10IN5O2/c1-2-18-10(17)8-7(12)4-16(15-8)9-6(11)3-13-5-14-9/h3-5H,2,12H2,1H3. The predicted molar refractivity (Wildman–Crippen MR) is 72.2 cm³/mol. The number of rotatable bonds is 3. The van der Waals surface area contributed by atoms with E-state index in [9.17, 15) is 4.79 Å². The maximum Gasteiger partial charge on any atom is 0.361 e. The molecule has 0 aliphatic heterocycles. The Morgan fingerprint density at radius 2 is 2.39 bits per heavy atom. The van der Waals surface area contributed by atoms with Gasteiger partial charge in [-0.25, -0.2) is 19.4 Å². The molecule has 0 bridgehead atoms. The number of carbonyl (C=O) groups is 1. The second-order valence-electron chi connectivity index (χ2n) is 3.29. The largest absolute Gasteiger partial charge is 0.461 e. The summed E-state index contributed by atoms with van der Waals surface area (Å²) in [5.74, 6) is 0.0191. The van der Waals surface area contributed by atoms with Crippen molar-refractivity contribution in [1.29, 1.82) is 0 Å². The van der Waals surface area contributed by atoms with Gasteiger partial charge in [-0.3, -0.25) is 0 Å². The molecule has 0 aliphatic carbocycles. The number of hydrogen-bond donors (Lipinski definition) is 1. The van der Waals surface area contributed by atoms with Crippen LogP contribution in [0.4, 0.5) is 5.69 Å². The first-order valence-corrected chi connectivity index (χ1v) is 6.19. The summed E-state index contributed by atoms with van der Waals surface area (Å²) in [6, 6.07) is 0. The Bertz CT molecular complexity index is 583. The van der Waals surface area contributed by atoms with Crippen molar-refractivity contribution >= 4 is 34.2 Å². The average molecular weight is 359 g/mol. The number of hydrogen-bond acceptors (Lipinski definition) is 6. The van der Waals surface area contributed by atoms with Crippen molar-refractivity contribution in [1.82, 2.24) is 19.7 Å². The van der Waals surface area contributed by atoms with E-state index in [1.54, 1.807) is 13.1 Å². The number of aromatic nitrogens is 4. The number of carbonyl (C=O) groups excluding carboxylic acids is 1. The lowest BCUT2D eigenvalue weighted by Crippen LogP contribution is -2.09. The predicted octanol–water partition coefficient (Wildman–Crippen LogP) is 1.03. The van der Waals surface area contributed by atoms with E-state index in [2.05, 4.69) is 37.7 Å². The number of anilines is 1. The van der Waals surface area contributed by atoms with E-state index >= 15 is 0 Å². The molecule has 2 aromatic rings. The number of nitrogens with two attached hydrogens (primary N) is 1. The SMILES string of the molecule is CCOC(=O)c1nn(-c2ncncc2I)cc1N. The van der Waals surface area contributed by atoms with Crippen LogP contribution in [0.2, 0.25) is 0 Å². The van der Waals surface area contributed by atoms with Gasteiger partial charge in [-0.1, -0.05) is 0 Å². The van der Waals surface area contributed by atoms with E-state index in [1.165, 1.54) is 17.2 Å². The maximum atomic E-state index is 11.6. The van der Waals surface area contributed by atoms with Crippen molar-refractivity contribution in [2.45, 2.75) is 6.92 Å². The molecular weight excluding hydrogens is 349 g/mol. The molecule has 0 saturated heterocycles. The Morgan fingerprint density at radius 1 is 1.61 bits per heavy atom. The number of ether oxygens (including phenoxy) is 1. The second-order valence-corrected chi connectivity index (χ2v) is 4.45. The number of nitrogen functional groups attached to an aromatic ring is 1.